The quantitative estimate of drug-likeness (QED) is 0.166. The van der Waals surface area contributed by atoms with Gasteiger partial charge in [0.15, 0.2) is 0 Å². The summed E-state index contributed by atoms with van der Waals surface area (Å²) in [6.07, 6.45) is 0. The molecule has 300 valence electrons. The molecule has 0 fully saturated rings. The van der Waals surface area contributed by atoms with E-state index in [1.807, 2.05) is 0 Å². The molecule has 0 atom stereocenters. The minimum absolute atomic E-state index is 0.207. The summed E-state index contributed by atoms with van der Waals surface area (Å²) in [4.78, 5) is 4.75. The van der Waals surface area contributed by atoms with Crippen LogP contribution in [0.2, 0.25) is 0 Å². The number of nitrogens with zero attached hydrogens (tertiary/aromatic N) is 3. The third-order valence-electron chi connectivity index (χ3n) is 14.4. The highest BCUT2D eigenvalue weighted by molar-refractivity contribution is 6.24. The fourth-order valence-corrected chi connectivity index (χ4v) is 11.4. The lowest BCUT2D eigenvalue weighted by atomic mass is 9.82. The molecule has 0 N–H and O–H groups in total. The van der Waals surface area contributed by atoms with Crippen LogP contribution in [0.5, 0.6) is 0 Å². The first-order valence-corrected chi connectivity index (χ1v) is 22.2. The molecule has 2 aliphatic rings. The zero-order chi connectivity index (χ0) is 42.2. The standard InChI is InChI=1S/C60H45N3/c1-59(2)52-32-42(61(38-18-9-5-10-19-38)39-20-11-6-12-21-39)28-30-44(52)48-34-50-46-26-17-27-47-51-35-49-45-31-29-43(62(40-22-13-7-14-23-40)41-24-15-8-16-25-41)33-53(45)60(3,4)55(49)37-57(51)63(58(46)47)56(50)36-54(48)59/h5-37H,1-4H3. The van der Waals surface area contributed by atoms with Crippen LogP contribution in [0.15, 0.2) is 200 Å². The normalized spacial score (nSPS) is 14.3. The average Bonchev–Trinajstić information content (AvgIpc) is 3.97. The van der Waals surface area contributed by atoms with Gasteiger partial charge in [-0.25, -0.2) is 0 Å². The van der Waals surface area contributed by atoms with E-state index < -0.39 is 0 Å². The van der Waals surface area contributed by atoms with Gasteiger partial charge in [0.25, 0.3) is 0 Å². The lowest BCUT2D eigenvalue weighted by molar-refractivity contribution is 0.661. The maximum absolute atomic E-state index is 2.59. The molecule has 9 aromatic carbocycles. The summed E-state index contributed by atoms with van der Waals surface area (Å²) < 4.78 is 2.59. The highest BCUT2D eigenvalue weighted by atomic mass is 15.1. The van der Waals surface area contributed by atoms with Gasteiger partial charge < -0.3 is 14.2 Å². The molecule has 2 aliphatic carbocycles. The Hall–Kier alpha value is -7.62. The maximum atomic E-state index is 2.59. The van der Waals surface area contributed by atoms with Gasteiger partial charge in [-0.15, -0.1) is 0 Å². The molecular weight excluding hydrogens is 763 g/mol. The number of hydrogen-bond acceptors (Lipinski definition) is 2. The van der Waals surface area contributed by atoms with Gasteiger partial charge in [0.2, 0.25) is 0 Å². The number of rotatable bonds is 6. The molecule has 3 heteroatoms. The number of benzene rings is 9. The number of fused-ring (bicyclic) bond motifs is 12. The Morgan fingerprint density at radius 2 is 0.651 bits per heavy atom. The second kappa shape index (κ2) is 13.0. The lowest BCUT2D eigenvalue weighted by Crippen LogP contribution is -2.17. The van der Waals surface area contributed by atoms with E-state index in [9.17, 15) is 0 Å². The summed E-state index contributed by atoms with van der Waals surface area (Å²) in [6, 6.07) is 74.1. The van der Waals surface area contributed by atoms with Crippen LogP contribution in [0, 0.1) is 0 Å². The minimum atomic E-state index is -0.207. The van der Waals surface area contributed by atoms with Crippen molar-refractivity contribution in [3.05, 3.63) is 222 Å². The number of para-hydroxylation sites is 5. The Morgan fingerprint density at radius 1 is 0.302 bits per heavy atom. The minimum Gasteiger partial charge on any atom is -0.310 e. The Morgan fingerprint density at radius 3 is 1.02 bits per heavy atom. The van der Waals surface area contributed by atoms with E-state index in [-0.39, 0.29) is 10.8 Å². The molecule has 0 saturated carbocycles. The van der Waals surface area contributed by atoms with E-state index in [0.717, 1.165) is 22.7 Å². The molecule has 11 aromatic rings. The van der Waals surface area contributed by atoms with Gasteiger partial charge in [0.05, 0.1) is 16.6 Å². The van der Waals surface area contributed by atoms with E-state index in [2.05, 4.69) is 242 Å². The molecule has 0 spiro atoms. The fraction of sp³-hybridized carbons (Fsp3) is 0.100. The molecule has 13 rings (SSSR count). The topological polar surface area (TPSA) is 10.9 Å². The van der Waals surface area contributed by atoms with Crippen molar-refractivity contribution in [3.8, 4) is 22.3 Å². The van der Waals surface area contributed by atoms with Crippen LogP contribution in [0.1, 0.15) is 49.9 Å². The molecule has 0 unspecified atom stereocenters. The summed E-state index contributed by atoms with van der Waals surface area (Å²) in [6.45, 7) is 9.64. The smallest absolute Gasteiger partial charge is 0.0620 e. The van der Waals surface area contributed by atoms with Gasteiger partial charge in [0.1, 0.15) is 0 Å². The van der Waals surface area contributed by atoms with Crippen LogP contribution in [-0.2, 0) is 10.8 Å². The number of anilines is 6. The van der Waals surface area contributed by atoms with Gasteiger partial charge in [-0.1, -0.05) is 131 Å². The van der Waals surface area contributed by atoms with Crippen molar-refractivity contribution < 1.29 is 0 Å². The highest BCUT2D eigenvalue weighted by Gasteiger charge is 2.39. The molecule has 0 bridgehead atoms. The molecule has 2 heterocycles. The van der Waals surface area contributed by atoms with E-state index in [1.165, 1.54) is 94.0 Å². The number of hydrogen-bond donors (Lipinski definition) is 0. The van der Waals surface area contributed by atoms with Crippen LogP contribution in [0.4, 0.5) is 34.1 Å². The molecular formula is C60H45N3. The zero-order valence-corrected chi connectivity index (χ0v) is 35.9. The Balaban J connectivity index is 0.967. The SMILES string of the molecule is CC1(C)c2cc(N(c3ccccc3)c3ccccc3)ccc2-c2cc3c4cccc5c6cc7c(cc6n(c3cc21)c45)C(C)(C)c1cc(N(c2ccccc2)c2ccccc2)ccc1-7. The van der Waals surface area contributed by atoms with Crippen molar-refractivity contribution in [3.63, 3.8) is 0 Å². The van der Waals surface area contributed by atoms with E-state index >= 15 is 0 Å². The van der Waals surface area contributed by atoms with Crippen LogP contribution in [0.3, 0.4) is 0 Å². The van der Waals surface area contributed by atoms with Gasteiger partial charge in [-0.3, -0.25) is 0 Å². The second-order valence-corrected chi connectivity index (χ2v) is 18.6. The van der Waals surface area contributed by atoms with Crippen molar-refractivity contribution in [2.75, 3.05) is 9.80 Å². The van der Waals surface area contributed by atoms with Crippen LogP contribution in [-0.4, -0.2) is 4.40 Å². The molecule has 63 heavy (non-hydrogen) atoms. The van der Waals surface area contributed by atoms with Crippen molar-refractivity contribution in [2.45, 2.75) is 38.5 Å². The molecule has 0 radical (unpaired) electrons. The van der Waals surface area contributed by atoms with Crippen molar-refractivity contribution in [1.82, 2.24) is 4.40 Å². The first-order chi connectivity index (χ1) is 30.8. The fourth-order valence-electron chi connectivity index (χ4n) is 11.4. The summed E-state index contributed by atoms with van der Waals surface area (Å²) in [5, 5.41) is 5.26. The van der Waals surface area contributed by atoms with Crippen molar-refractivity contribution in [2.24, 2.45) is 0 Å². The predicted octanol–water partition coefficient (Wildman–Crippen LogP) is 16.4. The summed E-state index contributed by atoms with van der Waals surface area (Å²) in [5.74, 6) is 0. The molecule has 0 aliphatic heterocycles. The predicted molar refractivity (Wildman–Crippen MR) is 266 cm³/mol. The molecule has 0 saturated heterocycles. The molecule has 3 nitrogen and oxygen atoms in total. The van der Waals surface area contributed by atoms with Crippen LogP contribution in [0.25, 0.3) is 60.3 Å². The third-order valence-corrected chi connectivity index (χ3v) is 14.4. The van der Waals surface area contributed by atoms with Gasteiger partial charge >= 0.3 is 0 Å². The van der Waals surface area contributed by atoms with Crippen LogP contribution >= 0.6 is 0 Å². The second-order valence-electron chi connectivity index (χ2n) is 18.6. The zero-order valence-electron chi connectivity index (χ0n) is 35.9. The van der Waals surface area contributed by atoms with E-state index in [0.29, 0.717) is 0 Å². The van der Waals surface area contributed by atoms with Crippen molar-refractivity contribution in [1.29, 1.82) is 0 Å². The van der Waals surface area contributed by atoms with Gasteiger partial charge in [-0.2, -0.15) is 0 Å². The van der Waals surface area contributed by atoms with Crippen molar-refractivity contribution >= 4 is 72.2 Å². The third kappa shape index (κ3) is 5.02. The Labute approximate surface area is 368 Å². The van der Waals surface area contributed by atoms with Gasteiger partial charge in [0, 0.05) is 66.5 Å². The summed E-state index contributed by atoms with van der Waals surface area (Å²) >= 11 is 0. The van der Waals surface area contributed by atoms with Gasteiger partial charge in [-0.05, 0) is 142 Å². The summed E-state index contributed by atoms with van der Waals surface area (Å²) in [7, 11) is 0. The Kier molecular flexibility index (Phi) is 7.42. The maximum Gasteiger partial charge on any atom is 0.0620 e. The van der Waals surface area contributed by atoms with E-state index in [1.54, 1.807) is 0 Å². The lowest BCUT2D eigenvalue weighted by Gasteiger charge is -2.28. The highest BCUT2D eigenvalue weighted by Crippen LogP contribution is 2.56. The molecule has 2 aromatic heterocycles. The van der Waals surface area contributed by atoms with Crippen LogP contribution < -0.4 is 9.80 Å². The largest absolute Gasteiger partial charge is 0.310 e. The summed E-state index contributed by atoms with van der Waals surface area (Å²) in [5.41, 5.74) is 21.2. The number of aromatic nitrogens is 1. The molecule has 0 amide bonds. The average molecular weight is 808 g/mol. The first-order valence-electron chi connectivity index (χ1n) is 22.2. The Bertz CT molecular complexity index is 3290. The van der Waals surface area contributed by atoms with E-state index in [4.69, 9.17) is 0 Å². The first kappa shape index (κ1) is 36.1. The monoisotopic (exact) mass is 807 g/mol.